The highest BCUT2D eigenvalue weighted by molar-refractivity contribution is 5.75. The van der Waals surface area contributed by atoms with Crippen LogP contribution in [-0.2, 0) is 23.7 Å². The molecular formula is C25H53NO8. The zero-order valence-corrected chi connectivity index (χ0v) is 23.2. The Balaban J connectivity index is 0. The molecule has 0 aromatic rings. The summed E-state index contributed by atoms with van der Waals surface area (Å²) in [5, 5.41) is 32.4. The molecule has 1 saturated heterocycles. The summed E-state index contributed by atoms with van der Waals surface area (Å²) < 4.78 is 22.9. The Morgan fingerprint density at radius 1 is 1.03 bits per heavy atom. The lowest BCUT2D eigenvalue weighted by atomic mass is 9.92. The monoisotopic (exact) mass is 495 g/mol. The molecule has 9 heteroatoms. The van der Waals surface area contributed by atoms with Crippen LogP contribution < -0.4 is 5.32 Å². The Labute approximate surface area is 207 Å². The lowest BCUT2D eigenvalue weighted by Gasteiger charge is -2.44. The number of carbonyl (C=O) groups excluding carboxylic acids is 1. The van der Waals surface area contributed by atoms with Gasteiger partial charge in [-0.25, -0.2) is 0 Å². The molecular weight excluding hydrogens is 442 g/mol. The summed E-state index contributed by atoms with van der Waals surface area (Å²) in [5.41, 5.74) is -1.23. The number of nitrogens with one attached hydrogen (secondary N) is 1. The van der Waals surface area contributed by atoms with Gasteiger partial charge >= 0.3 is 0 Å². The average molecular weight is 496 g/mol. The van der Waals surface area contributed by atoms with Gasteiger partial charge < -0.3 is 39.6 Å². The van der Waals surface area contributed by atoms with E-state index in [1.165, 1.54) is 0 Å². The minimum absolute atomic E-state index is 0.0504. The first-order valence-electron chi connectivity index (χ1n) is 12.7. The van der Waals surface area contributed by atoms with Gasteiger partial charge in [0, 0.05) is 25.5 Å². The van der Waals surface area contributed by atoms with Crippen molar-refractivity contribution in [1.82, 2.24) is 5.32 Å². The summed E-state index contributed by atoms with van der Waals surface area (Å²) in [6.45, 7) is 20.5. The lowest BCUT2D eigenvalue weighted by molar-refractivity contribution is -0.313. The van der Waals surface area contributed by atoms with Crippen LogP contribution in [0, 0.1) is 5.92 Å². The Morgan fingerprint density at radius 3 is 2.15 bits per heavy atom. The van der Waals surface area contributed by atoms with Crippen LogP contribution in [0.4, 0.5) is 0 Å². The lowest BCUT2D eigenvalue weighted by Crippen LogP contribution is -2.57. The predicted octanol–water partition coefficient (Wildman–Crippen LogP) is 2.64. The highest BCUT2D eigenvalue weighted by Gasteiger charge is 2.44. The van der Waals surface area contributed by atoms with Gasteiger partial charge in [-0.05, 0) is 41.0 Å². The van der Waals surface area contributed by atoms with Crippen molar-refractivity contribution in [2.45, 2.75) is 118 Å². The second-order valence-electron chi connectivity index (χ2n) is 9.04. The molecule has 1 heterocycles. The summed E-state index contributed by atoms with van der Waals surface area (Å²) in [6.07, 6.45) is -2.94. The number of rotatable bonds is 13. The maximum absolute atomic E-state index is 11.8. The van der Waals surface area contributed by atoms with Crippen molar-refractivity contribution in [1.29, 1.82) is 0 Å². The number of carbonyl (C=O) groups is 1. The van der Waals surface area contributed by atoms with Crippen LogP contribution in [0.1, 0.15) is 82.1 Å². The molecule has 1 rings (SSSR count). The summed E-state index contributed by atoms with van der Waals surface area (Å²) in [5.74, 6) is -0.521. The van der Waals surface area contributed by atoms with Crippen molar-refractivity contribution in [2.24, 2.45) is 5.92 Å². The molecule has 1 aliphatic heterocycles. The standard InChI is InChI=1S/C21H41NO8.2C2H6/c1-7-27-11-8-16(24)22-10-9-20(3,4)28-13-21(5,6)30-19-14(2)17(25)18(26)15(12-23)29-19;2*1-2/h14-15,17-19,23,25-26H,7-13H2,1-6H3,(H,22,24);2*1-2H3. The van der Waals surface area contributed by atoms with E-state index in [1.54, 1.807) is 6.92 Å². The zero-order valence-electron chi connectivity index (χ0n) is 23.2. The molecule has 4 N–H and O–H groups in total. The average Bonchev–Trinajstić information content (AvgIpc) is 2.81. The Bertz CT molecular complexity index is 513. The first kappa shape index (κ1) is 35.4. The first-order chi connectivity index (χ1) is 15.9. The highest BCUT2D eigenvalue weighted by Crippen LogP contribution is 2.30. The van der Waals surface area contributed by atoms with E-state index in [9.17, 15) is 20.1 Å². The molecule has 0 saturated carbocycles. The number of hydrogen-bond acceptors (Lipinski definition) is 8. The molecule has 0 radical (unpaired) electrons. The van der Waals surface area contributed by atoms with Crippen LogP contribution in [0.5, 0.6) is 0 Å². The van der Waals surface area contributed by atoms with E-state index in [4.69, 9.17) is 18.9 Å². The van der Waals surface area contributed by atoms with Gasteiger partial charge in [0.1, 0.15) is 12.2 Å². The van der Waals surface area contributed by atoms with Crippen molar-refractivity contribution < 1.29 is 39.1 Å². The largest absolute Gasteiger partial charge is 0.394 e. The van der Waals surface area contributed by atoms with E-state index in [-0.39, 0.29) is 12.5 Å². The molecule has 206 valence electrons. The van der Waals surface area contributed by atoms with Crippen LogP contribution in [-0.4, -0.2) is 90.0 Å². The summed E-state index contributed by atoms with van der Waals surface area (Å²) in [7, 11) is 0. The molecule has 9 nitrogen and oxygen atoms in total. The van der Waals surface area contributed by atoms with E-state index in [0.29, 0.717) is 32.6 Å². The van der Waals surface area contributed by atoms with Gasteiger partial charge in [0.25, 0.3) is 0 Å². The van der Waals surface area contributed by atoms with Crippen LogP contribution >= 0.6 is 0 Å². The fourth-order valence-corrected chi connectivity index (χ4v) is 3.05. The molecule has 1 aliphatic rings. The van der Waals surface area contributed by atoms with E-state index in [1.807, 2.05) is 62.3 Å². The summed E-state index contributed by atoms with van der Waals surface area (Å²) in [4.78, 5) is 11.8. The third-order valence-electron chi connectivity index (χ3n) is 5.16. The van der Waals surface area contributed by atoms with Crippen molar-refractivity contribution in [3.05, 3.63) is 0 Å². The molecule has 0 spiro atoms. The maximum atomic E-state index is 11.8. The summed E-state index contributed by atoms with van der Waals surface area (Å²) in [6, 6.07) is 0. The predicted molar refractivity (Wildman–Crippen MR) is 134 cm³/mol. The number of aliphatic hydroxyl groups is 3. The zero-order chi connectivity index (χ0) is 26.9. The molecule has 0 aliphatic carbocycles. The van der Waals surface area contributed by atoms with E-state index in [2.05, 4.69) is 5.32 Å². The number of ether oxygens (including phenoxy) is 4. The fourth-order valence-electron chi connectivity index (χ4n) is 3.05. The van der Waals surface area contributed by atoms with Gasteiger partial charge in [-0.2, -0.15) is 0 Å². The molecule has 1 fully saturated rings. The quantitative estimate of drug-likeness (QED) is 0.287. The smallest absolute Gasteiger partial charge is 0.222 e. The molecule has 1 amide bonds. The maximum Gasteiger partial charge on any atom is 0.222 e. The SMILES string of the molecule is CC.CC.CCOCCC(=O)NCCC(C)(C)OCC(C)(C)OC1OC(CO)C(O)C(O)C1C. The molecule has 0 bridgehead atoms. The number of hydrogen-bond donors (Lipinski definition) is 4. The van der Waals surface area contributed by atoms with Crippen LogP contribution in [0.3, 0.4) is 0 Å². The first-order valence-corrected chi connectivity index (χ1v) is 12.7. The summed E-state index contributed by atoms with van der Waals surface area (Å²) >= 11 is 0. The van der Waals surface area contributed by atoms with Gasteiger partial charge in [-0.1, -0.05) is 34.6 Å². The van der Waals surface area contributed by atoms with Crippen LogP contribution in [0.25, 0.3) is 0 Å². The highest BCUT2D eigenvalue weighted by atomic mass is 16.7. The minimum atomic E-state index is -1.16. The second kappa shape index (κ2) is 18.5. The fraction of sp³-hybridized carbons (Fsp3) is 0.960. The molecule has 0 aromatic heterocycles. The van der Waals surface area contributed by atoms with E-state index in [0.717, 1.165) is 0 Å². The Hall–Kier alpha value is -0.810. The van der Waals surface area contributed by atoms with Gasteiger partial charge in [0.05, 0.1) is 37.1 Å². The normalized spacial score (nSPS) is 24.9. The van der Waals surface area contributed by atoms with Crippen molar-refractivity contribution in [3.8, 4) is 0 Å². The van der Waals surface area contributed by atoms with Gasteiger partial charge in [-0.3, -0.25) is 4.79 Å². The molecule has 0 aromatic carbocycles. The van der Waals surface area contributed by atoms with E-state index < -0.39 is 48.3 Å². The molecule has 34 heavy (non-hydrogen) atoms. The van der Waals surface area contributed by atoms with Gasteiger partial charge in [-0.15, -0.1) is 0 Å². The molecule has 5 unspecified atom stereocenters. The molecule has 5 atom stereocenters. The second-order valence-corrected chi connectivity index (χ2v) is 9.04. The van der Waals surface area contributed by atoms with E-state index >= 15 is 0 Å². The third-order valence-corrected chi connectivity index (χ3v) is 5.16. The topological polar surface area (TPSA) is 127 Å². The third kappa shape index (κ3) is 13.9. The van der Waals surface area contributed by atoms with Crippen LogP contribution in [0.2, 0.25) is 0 Å². The van der Waals surface area contributed by atoms with Crippen molar-refractivity contribution >= 4 is 5.91 Å². The Morgan fingerprint density at radius 2 is 1.62 bits per heavy atom. The minimum Gasteiger partial charge on any atom is -0.394 e. The van der Waals surface area contributed by atoms with Gasteiger partial charge in [0.15, 0.2) is 6.29 Å². The van der Waals surface area contributed by atoms with Crippen molar-refractivity contribution in [3.63, 3.8) is 0 Å². The van der Waals surface area contributed by atoms with Crippen LogP contribution in [0.15, 0.2) is 0 Å². The number of amides is 1. The van der Waals surface area contributed by atoms with Crippen molar-refractivity contribution in [2.75, 3.05) is 33.0 Å². The van der Waals surface area contributed by atoms with Gasteiger partial charge in [0.2, 0.25) is 5.91 Å². The Kier molecular flexibility index (Phi) is 19.2. The number of aliphatic hydroxyl groups excluding tert-OH is 3.